The fourth-order valence-electron chi connectivity index (χ4n) is 2.02. The van der Waals surface area contributed by atoms with Crippen molar-refractivity contribution in [1.29, 1.82) is 0 Å². The summed E-state index contributed by atoms with van der Waals surface area (Å²) < 4.78 is 23.1. The zero-order valence-corrected chi connectivity index (χ0v) is 13.0. The van der Waals surface area contributed by atoms with E-state index in [-0.39, 0.29) is 42.1 Å². The molecule has 1 N–H and O–H groups in total. The molecule has 1 atom stereocenters. The Balaban J connectivity index is 1.77. The topological polar surface area (TPSA) is 80.3 Å². The molecule has 1 aliphatic heterocycles. The van der Waals surface area contributed by atoms with E-state index >= 15 is 0 Å². The Morgan fingerprint density at radius 2 is 2.10 bits per heavy atom. The van der Waals surface area contributed by atoms with Gasteiger partial charge in [-0.3, -0.25) is 9.59 Å². The zero-order chi connectivity index (χ0) is 14.8. The van der Waals surface area contributed by atoms with Crippen molar-refractivity contribution in [2.75, 3.05) is 11.5 Å². The highest BCUT2D eigenvalue weighted by molar-refractivity contribution is 7.91. The van der Waals surface area contributed by atoms with Crippen LogP contribution in [0, 0.1) is 0 Å². The third kappa shape index (κ3) is 4.29. The van der Waals surface area contributed by atoms with Crippen LogP contribution in [-0.4, -0.2) is 37.7 Å². The molecule has 2 rings (SSSR count). The smallest absolute Gasteiger partial charge is 0.220 e. The number of Topliss-reactive ketones (excluding diaryl/α,β-unsaturated/α-hetero) is 1. The van der Waals surface area contributed by atoms with Crippen molar-refractivity contribution in [2.45, 2.75) is 25.3 Å². The summed E-state index contributed by atoms with van der Waals surface area (Å²) >= 11 is 6.92. The second-order valence-corrected chi connectivity index (χ2v) is 8.64. The van der Waals surface area contributed by atoms with E-state index < -0.39 is 9.84 Å². The first-order valence-electron chi connectivity index (χ1n) is 6.14. The SMILES string of the molecule is O=C(CCC(=O)c1ccc(Cl)s1)N[C@@H]1CCS(=O)(=O)C1. The van der Waals surface area contributed by atoms with Crippen molar-refractivity contribution in [2.24, 2.45) is 0 Å². The molecule has 0 aromatic carbocycles. The van der Waals surface area contributed by atoms with Crippen molar-refractivity contribution >= 4 is 44.5 Å². The van der Waals surface area contributed by atoms with Crippen molar-refractivity contribution in [3.63, 3.8) is 0 Å². The van der Waals surface area contributed by atoms with Gasteiger partial charge in [-0.1, -0.05) is 11.6 Å². The molecule has 1 aliphatic rings. The van der Waals surface area contributed by atoms with E-state index in [1.54, 1.807) is 12.1 Å². The Morgan fingerprint density at radius 1 is 1.35 bits per heavy atom. The number of halogens is 1. The maximum absolute atomic E-state index is 11.8. The summed E-state index contributed by atoms with van der Waals surface area (Å²) in [5.74, 6) is -0.308. The van der Waals surface area contributed by atoms with Gasteiger partial charge in [0, 0.05) is 18.9 Å². The molecule has 1 saturated heterocycles. The molecule has 8 heteroatoms. The molecule has 110 valence electrons. The molecule has 1 aromatic heterocycles. The van der Waals surface area contributed by atoms with Crippen LogP contribution >= 0.6 is 22.9 Å². The number of carbonyl (C=O) groups excluding carboxylic acids is 2. The molecule has 0 radical (unpaired) electrons. The molecule has 20 heavy (non-hydrogen) atoms. The fourth-order valence-corrected chi connectivity index (χ4v) is 4.71. The number of hydrogen-bond acceptors (Lipinski definition) is 5. The standard InChI is InChI=1S/C12H14ClNO4S2/c13-11-3-2-10(19-11)9(15)1-4-12(16)14-8-5-6-20(17,18)7-8/h2-3,8H,1,4-7H2,(H,14,16)/t8-/m1/s1. The van der Waals surface area contributed by atoms with Gasteiger partial charge in [0.25, 0.3) is 0 Å². The molecule has 0 bridgehead atoms. The van der Waals surface area contributed by atoms with E-state index in [2.05, 4.69) is 5.32 Å². The number of rotatable bonds is 5. The number of nitrogens with one attached hydrogen (secondary N) is 1. The van der Waals surface area contributed by atoms with Crippen LogP contribution < -0.4 is 5.32 Å². The average molecular weight is 336 g/mol. The first-order valence-corrected chi connectivity index (χ1v) is 9.15. The molecular formula is C12H14ClNO4S2. The maximum Gasteiger partial charge on any atom is 0.220 e. The van der Waals surface area contributed by atoms with Gasteiger partial charge >= 0.3 is 0 Å². The van der Waals surface area contributed by atoms with Crippen molar-refractivity contribution in [3.8, 4) is 0 Å². The molecule has 0 unspecified atom stereocenters. The Morgan fingerprint density at radius 3 is 2.65 bits per heavy atom. The Bertz CT molecular complexity index is 623. The van der Waals surface area contributed by atoms with E-state index in [0.717, 1.165) is 0 Å². The quantitative estimate of drug-likeness (QED) is 0.830. The summed E-state index contributed by atoms with van der Waals surface area (Å²) in [6.45, 7) is 0. The summed E-state index contributed by atoms with van der Waals surface area (Å²) in [6.07, 6.45) is 0.607. The average Bonchev–Trinajstić information content (AvgIpc) is 2.92. The third-order valence-electron chi connectivity index (χ3n) is 3.02. The van der Waals surface area contributed by atoms with Crippen LogP contribution in [0.25, 0.3) is 0 Å². The van der Waals surface area contributed by atoms with Crippen LogP contribution in [0.1, 0.15) is 28.9 Å². The lowest BCUT2D eigenvalue weighted by atomic mass is 10.1. The van der Waals surface area contributed by atoms with Gasteiger partial charge in [0.1, 0.15) is 0 Å². The van der Waals surface area contributed by atoms with Gasteiger partial charge in [-0.25, -0.2) is 8.42 Å². The Hall–Kier alpha value is -0.920. The van der Waals surface area contributed by atoms with Gasteiger partial charge in [-0.2, -0.15) is 0 Å². The number of hydrogen-bond donors (Lipinski definition) is 1. The van der Waals surface area contributed by atoms with E-state index in [1.165, 1.54) is 11.3 Å². The van der Waals surface area contributed by atoms with Gasteiger partial charge in [-0.05, 0) is 18.6 Å². The van der Waals surface area contributed by atoms with Gasteiger partial charge in [-0.15, -0.1) is 11.3 Å². The van der Waals surface area contributed by atoms with Gasteiger partial charge < -0.3 is 5.32 Å². The van der Waals surface area contributed by atoms with Crippen molar-refractivity contribution < 1.29 is 18.0 Å². The number of amides is 1. The maximum atomic E-state index is 11.8. The molecule has 0 aliphatic carbocycles. The molecule has 5 nitrogen and oxygen atoms in total. The molecule has 1 aromatic rings. The number of sulfone groups is 1. The Kier molecular flexibility index (Phi) is 4.82. The molecule has 1 fully saturated rings. The highest BCUT2D eigenvalue weighted by Crippen LogP contribution is 2.22. The second-order valence-electron chi connectivity index (χ2n) is 4.69. The lowest BCUT2D eigenvalue weighted by Gasteiger charge is -2.10. The highest BCUT2D eigenvalue weighted by atomic mass is 35.5. The minimum atomic E-state index is -3.01. The summed E-state index contributed by atoms with van der Waals surface area (Å²) in [7, 11) is -3.01. The lowest BCUT2D eigenvalue weighted by molar-refractivity contribution is -0.121. The van der Waals surface area contributed by atoms with E-state index in [9.17, 15) is 18.0 Å². The molecule has 0 spiro atoms. The monoisotopic (exact) mass is 335 g/mol. The zero-order valence-electron chi connectivity index (χ0n) is 10.6. The Labute approximate surface area is 126 Å². The predicted octanol–water partition coefficient (Wildman–Crippen LogP) is 1.67. The summed E-state index contributed by atoms with van der Waals surface area (Å²) in [5, 5.41) is 2.65. The number of ketones is 1. The van der Waals surface area contributed by atoms with Crippen LogP contribution in [0.15, 0.2) is 12.1 Å². The van der Waals surface area contributed by atoms with Gasteiger partial charge in [0.05, 0.1) is 20.7 Å². The first-order chi connectivity index (χ1) is 9.35. The second kappa shape index (κ2) is 6.24. The molecule has 1 amide bonds. The number of carbonyl (C=O) groups is 2. The molecule has 0 saturated carbocycles. The van der Waals surface area contributed by atoms with Crippen LogP contribution in [0.2, 0.25) is 4.34 Å². The normalized spacial score (nSPS) is 20.8. The van der Waals surface area contributed by atoms with Gasteiger partial charge in [0.2, 0.25) is 5.91 Å². The first kappa shape index (κ1) is 15.5. The third-order valence-corrected chi connectivity index (χ3v) is 6.06. The van der Waals surface area contributed by atoms with Crippen LogP contribution in [-0.2, 0) is 14.6 Å². The summed E-state index contributed by atoms with van der Waals surface area (Å²) in [4.78, 5) is 24.0. The predicted molar refractivity (Wildman–Crippen MR) is 78.1 cm³/mol. The number of thiophene rings is 1. The summed E-state index contributed by atoms with van der Waals surface area (Å²) in [5.41, 5.74) is 0. The minimum Gasteiger partial charge on any atom is -0.352 e. The highest BCUT2D eigenvalue weighted by Gasteiger charge is 2.28. The van der Waals surface area contributed by atoms with Crippen LogP contribution in [0.5, 0.6) is 0 Å². The largest absolute Gasteiger partial charge is 0.352 e. The minimum absolute atomic E-state index is 0.00673. The fraction of sp³-hybridized carbons (Fsp3) is 0.500. The van der Waals surface area contributed by atoms with Crippen molar-refractivity contribution in [1.82, 2.24) is 5.32 Å². The van der Waals surface area contributed by atoms with E-state index in [4.69, 9.17) is 11.6 Å². The van der Waals surface area contributed by atoms with Crippen LogP contribution in [0.4, 0.5) is 0 Å². The molecule has 2 heterocycles. The van der Waals surface area contributed by atoms with E-state index in [0.29, 0.717) is 15.6 Å². The lowest BCUT2D eigenvalue weighted by Crippen LogP contribution is -2.35. The van der Waals surface area contributed by atoms with Crippen LogP contribution in [0.3, 0.4) is 0 Å². The van der Waals surface area contributed by atoms with E-state index in [1.807, 2.05) is 0 Å². The molecular weight excluding hydrogens is 322 g/mol. The summed E-state index contributed by atoms with van der Waals surface area (Å²) in [6, 6.07) is 2.96. The van der Waals surface area contributed by atoms with Gasteiger partial charge in [0.15, 0.2) is 15.6 Å². The van der Waals surface area contributed by atoms with Crippen molar-refractivity contribution in [3.05, 3.63) is 21.3 Å².